The lowest BCUT2D eigenvalue weighted by Crippen LogP contribution is -2.39. The van der Waals surface area contributed by atoms with E-state index in [0.29, 0.717) is 17.2 Å². The van der Waals surface area contributed by atoms with E-state index in [1.54, 1.807) is 0 Å². The highest BCUT2D eigenvalue weighted by Crippen LogP contribution is 2.35. The van der Waals surface area contributed by atoms with E-state index in [4.69, 9.17) is 5.73 Å². The lowest BCUT2D eigenvalue weighted by atomic mass is 9.77. The van der Waals surface area contributed by atoms with Crippen molar-refractivity contribution in [1.82, 2.24) is 4.90 Å². The van der Waals surface area contributed by atoms with Crippen LogP contribution in [0.1, 0.15) is 65.7 Å². The highest BCUT2D eigenvalue weighted by Gasteiger charge is 2.32. The maximum absolute atomic E-state index is 12.8. The molecule has 0 radical (unpaired) electrons. The van der Waals surface area contributed by atoms with Crippen LogP contribution >= 0.6 is 0 Å². The molecule has 21 heavy (non-hydrogen) atoms. The minimum Gasteiger partial charge on any atom is -0.342 e. The predicted molar refractivity (Wildman–Crippen MR) is 87.9 cm³/mol. The smallest absolute Gasteiger partial charge is 0.225 e. The van der Waals surface area contributed by atoms with Crippen LogP contribution in [0.4, 0.5) is 0 Å². The first-order chi connectivity index (χ1) is 9.91. The molecule has 1 saturated heterocycles. The van der Waals surface area contributed by atoms with Crippen LogP contribution in [0.25, 0.3) is 0 Å². The molecule has 0 spiro atoms. The quantitative estimate of drug-likeness (QED) is 0.848. The number of hydrogen-bond acceptors (Lipinski definition) is 2. The van der Waals surface area contributed by atoms with E-state index in [-0.39, 0.29) is 5.92 Å². The summed E-state index contributed by atoms with van der Waals surface area (Å²) >= 11 is 0. The minimum absolute atomic E-state index is 0.277. The molecular weight excluding hydrogens is 260 g/mol. The molecule has 1 aliphatic carbocycles. The van der Waals surface area contributed by atoms with Gasteiger partial charge >= 0.3 is 0 Å². The molecule has 3 nitrogen and oxygen atoms in total. The Morgan fingerprint density at radius 2 is 1.71 bits per heavy atom. The summed E-state index contributed by atoms with van der Waals surface area (Å²) in [6, 6.07) is 0. The SMILES string of the molecule is CC(C)(C)C1CCCN(C(=O)C2CCC(CN)CC2)CC1. The molecule has 0 bridgehead atoms. The van der Waals surface area contributed by atoms with Crippen molar-refractivity contribution < 1.29 is 4.79 Å². The Hall–Kier alpha value is -0.570. The highest BCUT2D eigenvalue weighted by molar-refractivity contribution is 5.79. The first-order valence-electron chi connectivity index (χ1n) is 8.90. The largest absolute Gasteiger partial charge is 0.342 e. The molecule has 0 aromatic carbocycles. The molecule has 1 unspecified atom stereocenters. The molecule has 0 aromatic heterocycles. The van der Waals surface area contributed by atoms with Gasteiger partial charge in [0.15, 0.2) is 0 Å². The maximum atomic E-state index is 12.8. The summed E-state index contributed by atoms with van der Waals surface area (Å²) in [5.41, 5.74) is 6.12. The van der Waals surface area contributed by atoms with Crippen LogP contribution in [0.3, 0.4) is 0 Å². The van der Waals surface area contributed by atoms with Crippen molar-refractivity contribution in [3.63, 3.8) is 0 Å². The third-order valence-electron chi connectivity index (χ3n) is 5.79. The summed E-state index contributed by atoms with van der Waals surface area (Å²) in [6.07, 6.45) is 8.02. The van der Waals surface area contributed by atoms with E-state index in [1.165, 1.54) is 19.3 Å². The van der Waals surface area contributed by atoms with E-state index in [9.17, 15) is 4.79 Å². The number of hydrogen-bond donors (Lipinski definition) is 1. The molecule has 1 aliphatic heterocycles. The summed E-state index contributed by atoms with van der Waals surface area (Å²) in [4.78, 5) is 14.9. The number of amides is 1. The molecule has 1 saturated carbocycles. The Morgan fingerprint density at radius 3 is 2.29 bits per heavy atom. The number of nitrogens with zero attached hydrogens (tertiary/aromatic N) is 1. The van der Waals surface area contributed by atoms with Gasteiger partial charge in [-0.15, -0.1) is 0 Å². The van der Waals surface area contributed by atoms with Gasteiger partial charge in [-0.1, -0.05) is 20.8 Å². The van der Waals surface area contributed by atoms with Gasteiger partial charge in [0.2, 0.25) is 5.91 Å². The molecular formula is C18H34N2O. The fraction of sp³-hybridized carbons (Fsp3) is 0.944. The molecule has 1 atom stereocenters. The predicted octanol–water partition coefficient (Wildman–Crippen LogP) is 3.43. The molecule has 1 amide bonds. The number of nitrogens with two attached hydrogens (primary N) is 1. The Kier molecular flexibility index (Phi) is 5.70. The van der Waals surface area contributed by atoms with Crippen molar-refractivity contribution >= 4 is 5.91 Å². The Balaban J connectivity index is 1.86. The summed E-state index contributed by atoms with van der Waals surface area (Å²) in [6.45, 7) is 9.74. The van der Waals surface area contributed by atoms with Gasteiger partial charge in [-0.05, 0) is 68.7 Å². The molecule has 2 fully saturated rings. The Morgan fingerprint density at radius 1 is 1.05 bits per heavy atom. The lowest BCUT2D eigenvalue weighted by molar-refractivity contribution is -0.136. The molecule has 122 valence electrons. The van der Waals surface area contributed by atoms with Gasteiger partial charge in [0, 0.05) is 19.0 Å². The van der Waals surface area contributed by atoms with Crippen molar-refractivity contribution in [2.75, 3.05) is 19.6 Å². The maximum Gasteiger partial charge on any atom is 0.225 e. The van der Waals surface area contributed by atoms with Crippen LogP contribution < -0.4 is 5.73 Å². The van der Waals surface area contributed by atoms with Gasteiger partial charge in [-0.2, -0.15) is 0 Å². The van der Waals surface area contributed by atoms with Crippen molar-refractivity contribution in [3.05, 3.63) is 0 Å². The Labute approximate surface area is 130 Å². The van der Waals surface area contributed by atoms with Crippen LogP contribution in [0, 0.1) is 23.2 Å². The van der Waals surface area contributed by atoms with Crippen molar-refractivity contribution in [1.29, 1.82) is 0 Å². The number of carbonyl (C=O) groups is 1. The topological polar surface area (TPSA) is 46.3 Å². The minimum atomic E-state index is 0.277. The summed E-state index contributed by atoms with van der Waals surface area (Å²) in [7, 11) is 0. The van der Waals surface area contributed by atoms with Crippen LogP contribution in [0.15, 0.2) is 0 Å². The van der Waals surface area contributed by atoms with Crippen LogP contribution in [0.5, 0.6) is 0 Å². The molecule has 2 rings (SSSR count). The van der Waals surface area contributed by atoms with Gasteiger partial charge < -0.3 is 10.6 Å². The average Bonchev–Trinajstić information content (AvgIpc) is 2.72. The summed E-state index contributed by atoms with van der Waals surface area (Å²) in [5.74, 6) is 2.12. The molecule has 1 heterocycles. The van der Waals surface area contributed by atoms with Crippen LogP contribution in [-0.2, 0) is 4.79 Å². The zero-order valence-electron chi connectivity index (χ0n) is 14.2. The highest BCUT2D eigenvalue weighted by atomic mass is 16.2. The zero-order valence-corrected chi connectivity index (χ0v) is 14.2. The van der Waals surface area contributed by atoms with Crippen molar-refractivity contribution in [2.24, 2.45) is 28.9 Å². The number of likely N-dealkylation sites (tertiary alicyclic amines) is 1. The second kappa shape index (κ2) is 7.13. The van der Waals surface area contributed by atoms with Gasteiger partial charge in [0.1, 0.15) is 0 Å². The standard InChI is InChI=1S/C18H34N2O/c1-18(2,3)16-5-4-11-20(12-10-16)17(21)15-8-6-14(13-19)7-9-15/h14-16H,4-13,19H2,1-3H3. The van der Waals surface area contributed by atoms with Crippen LogP contribution in [0.2, 0.25) is 0 Å². The van der Waals surface area contributed by atoms with Crippen molar-refractivity contribution in [3.8, 4) is 0 Å². The van der Waals surface area contributed by atoms with Crippen LogP contribution in [-0.4, -0.2) is 30.4 Å². The molecule has 2 aliphatic rings. The van der Waals surface area contributed by atoms with Crippen molar-refractivity contribution in [2.45, 2.75) is 65.7 Å². The monoisotopic (exact) mass is 294 g/mol. The normalized spacial score (nSPS) is 31.8. The van der Waals surface area contributed by atoms with Gasteiger partial charge in [-0.25, -0.2) is 0 Å². The summed E-state index contributed by atoms with van der Waals surface area (Å²) < 4.78 is 0. The molecule has 3 heteroatoms. The van der Waals surface area contributed by atoms with E-state index in [2.05, 4.69) is 25.7 Å². The fourth-order valence-electron chi connectivity index (χ4n) is 4.09. The van der Waals surface area contributed by atoms with E-state index < -0.39 is 0 Å². The average molecular weight is 294 g/mol. The summed E-state index contributed by atoms with van der Waals surface area (Å²) in [5, 5.41) is 0. The third-order valence-corrected chi connectivity index (χ3v) is 5.79. The number of carbonyl (C=O) groups excluding carboxylic acids is 1. The molecule has 0 aromatic rings. The lowest BCUT2D eigenvalue weighted by Gasteiger charge is -2.32. The first-order valence-corrected chi connectivity index (χ1v) is 8.90. The fourth-order valence-corrected chi connectivity index (χ4v) is 4.09. The first kappa shape index (κ1) is 16.8. The van der Waals surface area contributed by atoms with E-state index >= 15 is 0 Å². The van der Waals surface area contributed by atoms with E-state index in [1.807, 2.05) is 0 Å². The van der Waals surface area contributed by atoms with Gasteiger partial charge in [0.05, 0.1) is 0 Å². The Bertz CT molecular complexity index is 340. The molecule has 2 N–H and O–H groups in total. The second-order valence-corrected chi connectivity index (χ2v) is 8.27. The van der Waals surface area contributed by atoms with Gasteiger partial charge in [-0.3, -0.25) is 4.79 Å². The second-order valence-electron chi connectivity index (χ2n) is 8.27. The number of rotatable bonds is 2. The van der Waals surface area contributed by atoms with Gasteiger partial charge in [0.25, 0.3) is 0 Å². The zero-order chi connectivity index (χ0) is 15.5. The third kappa shape index (κ3) is 4.45. The van der Waals surface area contributed by atoms with E-state index in [0.717, 1.165) is 51.2 Å².